The molecule has 0 bridgehead atoms. The maximum Gasteiger partial charge on any atom is 0.338 e. The summed E-state index contributed by atoms with van der Waals surface area (Å²) in [6.45, 7) is 2.09. The number of esters is 1. The molecule has 2 aromatic carbocycles. The van der Waals surface area contributed by atoms with E-state index in [1.54, 1.807) is 61.5 Å². The molecule has 1 aliphatic heterocycles. The molecule has 0 aliphatic carbocycles. The predicted octanol–water partition coefficient (Wildman–Crippen LogP) is 4.04. The Morgan fingerprint density at radius 3 is 2.50 bits per heavy atom. The van der Waals surface area contributed by atoms with Gasteiger partial charge < -0.3 is 14.8 Å². The standard InChI is InChI=1S/C23H21N3O4/c1-3-30-23(28)15-6-8-16(9-7-15)25-21-20-19(5-4-14-24-20)22(27)26(21)17-10-12-18(29-2)13-11-17/h4-14,21,25H,3H2,1-2H3/t21-/m0/s1. The zero-order valence-electron chi connectivity index (χ0n) is 16.7. The fourth-order valence-corrected chi connectivity index (χ4v) is 3.40. The predicted molar refractivity (Wildman–Crippen MR) is 113 cm³/mol. The van der Waals surface area contributed by atoms with Crippen molar-refractivity contribution < 1.29 is 19.1 Å². The third-order valence-electron chi connectivity index (χ3n) is 4.85. The molecule has 7 heteroatoms. The number of carbonyl (C=O) groups excluding carboxylic acids is 2. The Balaban J connectivity index is 1.66. The van der Waals surface area contributed by atoms with Crippen molar-refractivity contribution in [1.82, 2.24) is 4.98 Å². The largest absolute Gasteiger partial charge is 0.497 e. The molecule has 0 unspecified atom stereocenters. The highest BCUT2D eigenvalue weighted by atomic mass is 16.5. The summed E-state index contributed by atoms with van der Waals surface area (Å²) in [5, 5.41) is 3.36. The molecule has 0 saturated heterocycles. The number of aromatic nitrogens is 1. The third-order valence-corrected chi connectivity index (χ3v) is 4.85. The highest BCUT2D eigenvalue weighted by molar-refractivity contribution is 6.11. The van der Waals surface area contributed by atoms with Gasteiger partial charge in [-0.05, 0) is 67.6 Å². The second kappa shape index (κ2) is 8.24. The summed E-state index contributed by atoms with van der Waals surface area (Å²) in [6.07, 6.45) is 1.18. The van der Waals surface area contributed by atoms with Crippen LogP contribution in [0.2, 0.25) is 0 Å². The summed E-state index contributed by atoms with van der Waals surface area (Å²) in [5.74, 6) is 0.205. The van der Waals surface area contributed by atoms with E-state index in [1.165, 1.54) is 0 Å². The lowest BCUT2D eigenvalue weighted by Gasteiger charge is -2.26. The van der Waals surface area contributed by atoms with Gasteiger partial charge in [0, 0.05) is 17.6 Å². The number of methoxy groups -OCH3 is 1. The average molecular weight is 403 g/mol. The number of nitrogens with one attached hydrogen (secondary N) is 1. The van der Waals surface area contributed by atoms with Crippen molar-refractivity contribution in [3.63, 3.8) is 0 Å². The summed E-state index contributed by atoms with van der Waals surface area (Å²) in [4.78, 5) is 31.1. The second-order valence-electron chi connectivity index (χ2n) is 6.65. The Labute approximate surface area is 174 Å². The molecule has 0 radical (unpaired) electrons. The fraction of sp³-hybridized carbons (Fsp3) is 0.174. The van der Waals surface area contributed by atoms with E-state index in [9.17, 15) is 9.59 Å². The Bertz CT molecular complexity index is 1060. The van der Waals surface area contributed by atoms with Crippen LogP contribution in [0.25, 0.3) is 0 Å². The zero-order chi connectivity index (χ0) is 21.1. The Kier molecular flexibility index (Phi) is 5.34. The van der Waals surface area contributed by atoms with Crippen molar-refractivity contribution >= 4 is 23.3 Å². The number of rotatable bonds is 6. The van der Waals surface area contributed by atoms with Gasteiger partial charge >= 0.3 is 5.97 Å². The lowest BCUT2D eigenvalue weighted by atomic mass is 10.2. The van der Waals surface area contributed by atoms with Gasteiger partial charge in [0.1, 0.15) is 5.75 Å². The van der Waals surface area contributed by atoms with Crippen LogP contribution in [-0.2, 0) is 4.74 Å². The summed E-state index contributed by atoms with van der Waals surface area (Å²) in [7, 11) is 1.60. The van der Waals surface area contributed by atoms with Gasteiger partial charge in [0.25, 0.3) is 5.91 Å². The number of hydrogen-bond donors (Lipinski definition) is 1. The number of ether oxygens (including phenoxy) is 2. The molecule has 1 aromatic heterocycles. The van der Waals surface area contributed by atoms with Gasteiger partial charge in [0.15, 0.2) is 6.17 Å². The molecule has 2 heterocycles. The van der Waals surface area contributed by atoms with Crippen LogP contribution in [0.5, 0.6) is 5.75 Å². The van der Waals surface area contributed by atoms with Crippen LogP contribution in [0.3, 0.4) is 0 Å². The number of hydrogen-bond acceptors (Lipinski definition) is 6. The molecule has 3 aromatic rings. The van der Waals surface area contributed by atoms with Crippen LogP contribution in [0, 0.1) is 0 Å². The number of pyridine rings is 1. The third kappa shape index (κ3) is 3.57. The molecular weight excluding hydrogens is 382 g/mol. The van der Waals surface area contributed by atoms with Crippen LogP contribution < -0.4 is 15.0 Å². The fourth-order valence-electron chi connectivity index (χ4n) is 3.40. The molecule has 7 nitrogen and oxygen atoms in total. The van der Waals surface area contributed by atoms with Gasteiger partial charge in [0.2, 0.25) is 0 Å². The number of anilines is 2. The Morgan fingerprint density at radius 1 is 1.10 bits per heavy atom. The molecule has 1 amide bonds. The van der Waals surface area contributed by atoms with Crippen LogP contribution in [0.1, 0.15) is 39.5 Å². The number of benzene rings is 2. The monoisotopic (exact) mass is 403 g/mol. The number of carbonyl (C=O) groups is 2. The van der Waals surface area contributed by atoms with Crippen molar-refractivity contribution in [2.24, 2.45) is 0 Å². The van der Waals surface area contributed by atoms with Crippen molar-refractivity contribution in [2.45, 2.75) is 13.1 Å². The number of amides is 1. The molecule has 0 fully saturated rings. The van der Waals surface area contributed by atoms with Crippen molar-refractivity contribution in [2.75, 3.05) is 23.9 Å². The molecule has 152 valence electrons. The minimum absolute atomic E-state index is 0.135. The van der Waals surface area contributed by atoms with E-state index in [0.29, 0.717) is 29.2 Å². The first-order valence-corrected chi connectivity index (χ1v) is 9.58. The van der Waals surface area contributed by atoms with Crippen LogP contribution in [0.4, 0.5) is 11.4 Å². The molecule has 1 N–H and O–H groups in total. The number of nitrogens with zero attached hydrogens (tertiary/aromatic N) is 2. The molecule has 0 spiro atoms. The van der Waals surface area contributed by atoms with Gasteiger partial charge in [-0.1, -0.05) is 0 Å². The van der Waals surface area contributed by atoms with Crippen molar-refractivity contribution in [3.05, 3.63) is 83.7 Å². The molecular formula is C23H21N3O4. The van der Waals surface area contributed by atoms with E-state index < -0.39 is 6.17 Å². The van der Waals surface area contributed by atoms with Crippen LogP contribution in [0.15, 0.2) is 66.9 Å². The maximum absolute atomic E-state index is 13.1. The van der Waals surface area contributed by atoms with E-state index in [1.807, 2.05) is 24.3 Å². The first-order chi connectivity index (χ1) is 14.6. The normalized spacial score (nSPS) is 14.9. The molecule has 30 heavy (non-hydrogen) atoms. The van der Waals surface area contributed by atoms with Crippen LogP contribution >= 0.6 is 0 Å². The highest BCUT2D eigenvalue weighted by Crippen LogP contribution is 2.37. The van der Waals surface area contributed by atoms with Gasteiger partial charge in [-0.25, -0.2) is 4.79 Å². The smallest absolute Gasteiger partial charge is 0.338 e. The maximum atomic E-state index is 13.1. The Morgan fingerprint density at radius 2 is 1.83 bits per heavy atom. The van der Waals surface area contributed by atoms with E-state index >= 15 is 0 Å². The summed E-state index contributed by atoms with van der Waals surface area (Å²) in [5.41, 5.74) is 3.13. The first-order valence-electron chi connectivity index (χ1n) is 9.58. The average Bonchev–Trinajstić information content (AvgIpc) is 3.06. The van der Waals surface area contributed by atoms with E-state index in [0.717, 1.165) is 11.4 Å². The summed E-state index contributed by atoms with van der Waals surface area (Å²) in [6, 6.07) is 17.7. The molecule has 1 atom stereocenters. The first kappa shape index (κ1) is 19.4. The highest BCUT2D eigenvalue weighted by Gasteiger charge is 2.39. The van der Waals surface area contributed by atoms with Gasteiger partial charge in [-0.3, -0.25) is 14.7 Å². The van der Waals surface area contributed by atoms with E-state index in [-0.39, 0.29) is 11.9 Å². The molecule has 1 aliphatic rings. The minimum Gasteiger partial charge on any atom is -0.497 e. The topological polar surface area (TPSA) is 80.8 Å². The lowest BCUT2D eigenvalue weighted by molar-refractivity contribution is 0.0526. The van der Waals surface area contributed by atoms with Gasteiger partial charge in [0.05, 0.1) is 30.5 Å². The van der Waals surface area contributed by atoms with Gasteiger partial charge in [-0.15, -0.1) is 0 Å². The lowest BCUT2D eigenvalue weighted by Crippen LogP contribution is -2.32. The van der Waals surface area contributed by atoms with Crippen LogP contribution in [-0.4, -0.2) is 30.6 Å². The second-order valence-corrected chi connectivity index (χ2v) is 6.65. The van der Waals surface area contributed by atoms with Crippen molar-refractivity contribution in [3.8, 4) is 5.75 Å². The molecule has 0 saturated carbocycles. The summed E-state index contributed by atoms with van der Waals surface area (Å²) >= 11 is 0. The quantitative estimate of drug-likeness (QED) is 0.626. The summed E-state index contributed by atoms with van der Waals surface area (Å²) < 4.78 is 10.2. The van der Waals surface area contributed by atoms with Crippen molar-refractivity contribution in [1.29, 1.82) is 0 Å². The minimum atomic E-state index is -0.490. The Hall–Kier alpha value is -3.87. The van der Waals surface area contributed by atoms with E-state index in [4.69, 9.17) is 9.47 Å². The number of fused-ring (bicyclic) bond motifs is 1. The van der Waals surface area contributed by atoms with Gasteiger partial charge in [-0.2, -0.15) is 0 Å². The van der Waals surface area contributed by atoms with E-state index in [2.05, 4.69) is 10.3 Å². The molecule has 4 rings (SSSR count). The SMILES string of the molecule is CCOC(=O)c1ccc(N[C@@H]2c3ncccc3C(=O)N2c2ccc(OC)cc2)cc1. The zero-order valence-corrected chi connectivity index (χ0v) is 16.7.